The number of hydrogen-bond acceptors (Lipinski definition) is 5. The molecule has 0 saturated carbocycles. The Kier molecular flexibility index (Phi) is 9.35. The van der Waals surface area contributed by atoms with E-state index in [9.17, 15) is 0 Å². The summed E-state index contributed by atoms with van der Waals surface area (Å²) in [7, 11) is 0. The van der Waals surface area contributed by atoms with E-state index in [1.54, 1.807) is 0 Å². The van der Waals surface area contributed by atoms with Gasteiger partial charge in [0.05, 0.1) is 39.1 Å². The highest BCUT2D eigenvalue weighted by molar-refractivity contribution is 6.19. The van der Waals surface area contributed by atoms with Gasteiger partial charge in [-0.1, -0.05) is 176 Å². The molecule has 0 amide bonds. The van der Waals surface area contributed by atoms with Crippen molar-refractivity contribution in [1.82, 2.24) is 34.1 Å². The highest BCUT2D eigenvalue weighted by Gasteiger charge is 2.23. The van der Waals surface area contributed by atoms with Crippen LogP contribution in [0.1, 0.15) is 0 Å². The van der Waals surface area contributed by atoms with Gasteiger partial charge in [0.1, 0.15) is 0 Å². The Bertz CT molecular complexity index is 3880. The molecule has 9 aromatic carbocycles. The normalized spacial score (nSPS) is 11.5. The van der Waals surface area contributed by atoms with Crippen LogP contribution in [0, 0.1) is 0 Å². The van der Waals surface area contributed by atoms with E-state index in [0.29, 0.717) is 23.3 Å². The second kappa shape index (κ2) is 16.3. The fourth-order valence-electron chi connectivity index (χ4n) is 9.61. The minimum atomic E-state index is 0.547. The first-order valence-electron chi connectivity index (χ1n) is 22.8. The van der Waals surface area contributed by atoms with Gasteiger partial charge < -0.3 is 9.13 Å². The van der Waals surface area contributed by atoms with Gasteiger partial charge in [0.2, 0.25) is 0 Å². The summed E-state index contributed by atoms with van der Waals surface area (Å²) in [5, 5.41) is 4.64. The van der Waals surface area contributed by atoms with Crippen LogP contribution in [0.15, 0.2) is 237 Å². The Balaban J connectivity index is 1.12. The summed E-state index contributed by atoms with van der Waals surface area (Å²) in [6, 6.07) is 82.1. The monoisotopic (exact) mass is 869 g/mol. The van der Waals surface area contributed by atoms with Crippen LogP contribution < -0.4 is 0 Å². The molecule has 0 aliphatic carbocycles. The second-order valence-corrected chi connectivity index (χ2v) is 16.9. The van der Waals surface area contributed by atoms with Crippen LogP contribution in [0.25, 0.3) is 123 Å². The Hall–Kier alpha value is -9.33. The van der Waals surface area contributed by atoms with E-state index >= 15 is 0 Å². The van der Waals surface area contributed by atoms with Crippen LogP contribution in [-0.4, -0.2) is 34.1 Å². The highest BCUT2D eigenvalue weighted by atomic mass is 15.0. The summed E-state index contributed by atoms with van der Waals surface area (Å²) in [6.07, 6.45) is 0. The van der Waals surface area contributed by atoms with Crippen molar-refractivity contribution < 1.29 is 0 Å². The second-order valence-electron chi connectivity index (χ2n) is 16.9. The van der Waals surface area contributed by atoms with Crippen molar-refractivity contribution in [2.45, 2.75) is 0 Å². The standard InChI is InChI=1S/C61H39N7/c1-6-20-40(21-7-1)51-39-52(41-22-8-2-9-23-41)63-61(62-51)50-36-44(60-65-58(42-24-10-3-11-25-42)64-59(66-60)43-26-12-4-13-27-43)34-35-55(50)68-54-33-19-17-31-47(54)49-37-56-48(38-57(49)68)46-30-16-18-32-53(46)67(56)45-28-14-5-15-29-45/h1-39H. The largest absolute Gasteiger partial charge is 0.309 e. The molecule has 0 N–H and O–H groups in total. The fourth-order valence-corrected chi connectivity index (χ4v) is 9.61. The average molecular weight is 870 g/mol. The van der Waals surface area contributed by atoms with Gasteiger partial charge in [0.25, 0.3) is 0 Å². The SMILES string of the molecule is c1ccc(-c2cc(-c3ccccc3)nc(-c3cc(-c4nc(-c5ccccc5)nc(-c5ccccc5)n4)ccc3-n3c4ccccc4c4cc5c(cc43)c3ccccc3n5-c3ccccc3)n2)cc1. The van der Waals surface area contributed by atoms with Crippen LogP contribution >= 0.6 is 0 Å². The number of aromatic nitrogens is 7. The minimum Gasteiger partial charge on any atom is -0.309 e. The molecule has 13 aromatic rings. The third-order valence-corrected chi connectivity index (χ3v) is 12.8. The van der Waals surface area contributed by atoms with Gasteiger partial charge in [-0.05, 0) is 60.7 Å². The van der Waals surface area contributed by atoms with Crippen LogP contribution in [0.5, 0.6) is 0 Å². The molecule has 0 atom stereocenters. The molecule has 318 valence electrons. The number of para-hydroxylation sites is 3. The van der Waals surface area contributed by atoms with E-state index in [1.165, 1.54) is 10.8 Å². The summed E-state index contributed by atoms with van der Waals surface area (Å²) in [4.78, 5) is 26.2. The van der Waals surface area contributed by atoms with Crippen LogP contribution in [0.2, 0.25) is 0 Å². The number of benzene rings is 9. The van der Waals surface area contributed by atoms with Crippen molar-refractivity contribution in [2.24, 2.45) is 0 Å². The zero-order chi connectivity index (χ0) is 45.0. The molecule has 0 saturated heterocycles. The van der Waals surface area contributed by atoms with Crippen molar-refractivity contribution >= 4 is 43.6 Å². The van der Waals surface area contributed by atoms with Gasteiger partial charge >= 0.3 is 0 Å². The number of nitrogens with zero attached hydrogens (tertiary/aromatic N) is 7. The molecule has 0 bridgehead atoms. The van der Waals surface area contributed by atoms with E-state index < -0.39 is 0 Å². The topological polar surface area (TPSA) is 74.3 Å². The predicted molar refractivity (Wildman–Crippen MR) is 277 cm³/mol. The van der Waals surface area contributed by atoms with Crippen LogP contribution in [0.4, 0.5) is 0 Å². The molecule has 7 nitrogen and oxygen atoms in total. The lowest BCUT2D eigenvalue weighted by Gasteiger charge is -2.17. The van der Waals surface area contributed by atoms with Gasteiger partial charge in [0, 0.05) is 60.6 Å². The van der Waals surface area contributed by atoms with Crippen LogP contribution in [0.3, 0.4) is 0 Å². The van der Waals surface area contributed by atoms with Gasteiger partial charge in [-0.25, -0.2) is 24.9 Å². The summed E-state index contributed by atoms with van der Waals surface area (Å²) in [6.45, 7) is 0. The Morgan fingerprint density at radius 3 is 1.18 bits per heavy atom. The first kappa shape index (κ1) is 39.1. The van der Waals surface area contributed by atoms with Gasteiger partial charge in [-0.2, -0.15) is 0 Å². The summed E-state index contributed by atoms with van der Waals surface area (Å²) < 4.78 is 4.77. The third-order valence-electron chi connectivity index (χ3n) is 12.8. The van der Waals surface area contributed by atoms with Crippen LogP contribution in [-0.2, 0) is 0 Å². The molecule has 7 heteroatoms. The van der Waals surface area contributed by atoms with E-state index in [-0.39, 0.29) is 0 Å². The number of rotatable bonds is 8. The molecule has 4 aromatic heterocycles. The first-order valence-corrected chi connectivity index (χ1v) is 22.8. The zero-order valence-electron chi connectivity index (χ0n) is 36.6. The van der Waals surface area contributed by atoms with E-state index in [1.807, 2.05) is 97.1 Å². The molecule has 13 rings (SSSR count). The molecule has 4 heterocycles. The van der Waals surface area contributed by atoms with Crippen molar-refractivity contribution in [3.8, 4) is 79.4 Å². The first-order chi connectivity index (χ1) is 33.7. The van der Waals surface area contributed by atoms with Crippen molar-refractivity contribution in [3.05, 3.63) is 237 Å². The lowest BCUT2D eigenvalue weighted by Crippen LogP contribution is -2.04. The van der Waals surface area contributed by atoms with E-state index in [4.69, 9.17) is 24.9 Å². The quantitative estimate of drug-likeness (QED) is 0.152. The summed E-state index contributed by atoms with van der Waals surface area (Å²) in [5.41, 5.74) is 13.6. The maximum Gasteiger partial charge on any atom is 0.164 e. The maximum absolute atomic E-state index is 5.44. The summed E-state index contributed by atoms with van der Waals surface area (Å²) >= 11 is 0. The Labute approximate surface area is 392 Å². The lowest BCUT2D eigenvalue weighted by atomic mass is 10.0. The van der Waals surface area contributed by atoms with E-state index in [2.05, 4.69) is 149 Å². The number of hydrogen-bond donors (Lipinski definition) is 0. The zero-order valence-corrected chi connectivity index (χ0v) is 36.6. The maximum atomic E-state index is 5.44. The molecule has 68 heavy (non-hydrogen) atoms. The van der Waals surface area contributed by atoms with Gasteiger partial charge in [-0.15, -0.1) is 0 Å². The lowest BCUT2D eigenvalue weighted by molar-refractivity contribution is 1.07. The van der Waals surface area contributed by atoms with Crippen molar-refractivity contribution in [2.75, 3.05) is 0 Å². The molecule has 0 aliphatic heterocycles. The smallest absolute Gasteiger partial charge is 0.164 e. The number of fused-ring (bicyclic) bond motifs is 6. The predicted octanol–water partition coefficient (Wildman–Crippen LogP) is 14.9. The molecule has 0 spiro atoms. The Morgan fingerprint density at radius 2 is 0.662 bits per heavy atom. The average Bonchev–Trinajstić information content (AvgIpc) is 3.92. The fraction of sp³-hybridized carbons (Fsp3) is 0. The van der Waals surface area contributed by atoms with Gasteiger partial charge in [0.15, 0.2) is 23.3 Å². The minimum absolute atomic E-state index is 0.547. The molecule has 0 unspecified atom stereocenters. The third kappa shape index (κ3) is 6.72. The molecule has 0 fully saturated rings. The summed E-state index contributed by atoms with van der Waals surface area (Å²) in [5.74, 6) is 2.31. The molecular weight excluding hydrogens is 831 g/mol. The van der Waals surface area contributed by atoms with Gasteiger partial charge in [-0.3, -0.25) is 0 Å². The van der Waals surface area contributed by atoms with Crippen molar-refractivity contribution in [1.29, 1.82) is 0 Å². The molecule has 0 aliphatic rings. The molecule has 0 radical (unpaired) electrons. The molecular formula is C61H39N7. The van der Waals surface area contributed by atoms with Crippen molar-refractivity contribution in [3.63, 3.8) is 0 Å². The Morgan fingerprint density at radius 1 is 0.250 bits per heavy atom. The van der Waals surface area contributed by atoms with E-state index in [0.717, 1.165) is 89.0 Å². The highest BCUT2D eigenvalue weighted by Crippen LogP contribution is 2.42.